The number of halogens is 3. The summed E-state index contributed by atoms with van der Waals surface area (Å²) in [5.41, 5.74) is 1.50. The summed E-state index contributed by atoms with van der Waals surface area (Å²) in [4.78, 5) is 0. The maximum absolute atomic E-state index is 13.4. The Morgan fingerprint density at radius 2 is 1.94 bits per heavy atom. The molecule has 0 amide bonds. The summed E-state index contributed by atoms with van der Waals surface area (Å²) in [5, 5.41) is 1.04. The van der Waals surface area contributed by atoms with Gasteiger partial charge >= 0.3 is 0 Å². The van der Waals surface area contributed by atoms with Crippen molar-refractivity contribution < 1.29 is 4.39 Å². The Balaban J connectivity index is 1.80. The lowest BCUT2D eigenvalue weighted by Crippen LogP contribution is -2.23. The van der Waals surface area contributed by atoms with Crippen LogP contribution >= 0.6 is 31.9 Å². The molecular formula is C14H15Br2F. The van der Waals surface area contributed by atoms with Gasteiger partial charge in [0.25, 0.3) is 0 Å². The Hall–Kier alpha value is 0.110. The average molecular weight is 362 g/mol. The van der Waals surface area contributed by atoms with Crippen molar-refractivity contribution in [2.45, 2.75) is 25.7 Å². The van der Waals surface area contributed by atoms with Crippen molar-refractivity contribution in [1.29, 1.82) is 0 Å². The Labute approximate surface area is 118 Å². The molecule has 0 bridgehead atoms. The van der Waals surface area contributed by atoms with Gasteiger partial charge in [-0.2, -0.15) is 0 Å². The van der Waals surface area contributed by atoms with Crippen molar-refractivity contribution in [3.63, 3.8) is 0 Å². The van der Waals surface area contributed by atoms with E-state index in [1.807, 2.05) is 0 Å². The molecule has 1 aromatic carbocycles. The summed E-state index contributed by atoms with van der Waals surface area (Å²) in [6.07, 6.45) is 5.07. The quantitative estimate of drug-likeness (QED) is 0.668. The second-order valence-electron chi connectivity index (χ2n) is 5.75. The molecule has 0 aromatic heterocycles. The van der Waals surface area contributed by atoms with Gasteiger partial charge in [0.2, 0.25) is 0 Å². The predicted octanol–water partition coefficient (Wildman–Crippen LogP) is 4.94. The van der Waals surface area contributed by atoms with E-state index in [1.54, 1.807) is 6.07 Å². The fourth-order valence-corrected chi connectivity index (χ4v) is 4.62. The number of fused-ring (bicyclic) bond motifs is 1. The third kappa shape index (κ3) is 2.46. The van der Waals surface area contributed by atoms with Crippen LogP contribution in [-0.4, -0.2) is 5.33 Å². The summed E-state index contributed by atoms with van der Waals surface area (Å²) in [5.74, 6) is 1.79. The molecule has 0 heterocycles. The lowest BCUT2D eigenvalue weighted by atomic mass is 9.79. The molecule has 0 aliphatic heterocycles. The Kier molecular flexibility index (Phi) is 3.10. The minimum atomic E-state index is -0.137. The van der Waals surface area contributed by atoms with Gasteiger partial charge in [0.1, 0.15) is 5.82 Å². The highest BCUT2D eigenvalue weighted by Crippen LogP contribution is 2.61. The molecule has 3 heteroatoms. The normalized spacial score (nSPS) is 34.8. The van der Waals surface area contributed by atoms with E-state index in [2.05, 4.69) is 37.9 Å². The van der Waals surface area contributed by atoms with Crippen molar-refractivity contribution in [3.8, 4) is 0 Å². The number of alkyl halides is 1. The van der Waals surface area contributed by atoms with Crippen molar-refractivity contribution in [1.82, 2.24) is 0 Å². The van der Waals surface area contributed by atoms with Crippen molar-refractivity contribution in [3.05, 3.63) is 34.1 Å². The van der Waals surface area contributed by atoms with Gasteiger partial charge in [-0.15, -0.1) is 0 Å². The third-order valence-corrected chi connectivity index (χ3v) is 5.89. The van der Waals surface area contributed by atoms with Gasteiger partial charge in [0.05, 0.1) is 0 Å². The van der Waals surface area contributed by atoms with Crippen LogP contribution in [0.1, 0.15) is 24.8 Å². The molecule has 2 aliphatic rings. The first-order valence-electron chi connectivity index (χ1n) is 6.11. The SMILES string of the molecule is Fc1cc(Br)cc(CC2(CBr)CC3CC3C2)c1. The molecule has 0 N–H and O–H groups in total. The van der Waals surface area contributed by atoms with Crippen molar-refractivity contribution in [2.75, 3.05) is 5.33 Å². The zero-order chi connectivity index (χ0) is 12.0. The first-order chi connectivity index (χ1) is 8.10. The van der Waals surface area contributed by atoms with Crippen molar-refractivity contribution >= 4 is 31.9 Å². The van der Waals surface area contributed by atoms with Gasteiger partial charge in [-0.05, 0) is 66.7 Å². The smallest absolute Gasteiger partial charge is 0.124 e. The number of hydrogen-bond acceptors (Lipinski definition) is 0. The molecule has 1 aromatic rings. The Morgan fingerprint density at radius 1 is 1.24 bits per heavy atom. The summed E-state index contributed by atoms with van der Waals surface area (Å²) in [7, 11) is 0. The minimum Gasteiger partial charge on any atom is -0.207 e. The summed E-state index contributed by atoms with van der Waals surface area (Å²) in [6, 6.07) is 5.26. The van der Waals surface area contributed by atoms with Crippen LogP contribution in [0.2, 0.25) is 0 Å². The molecule has 2 atom stereocenters. The van der Waals surface area contributed by atoms with Gasteiger partial charge < -0.3 is 0 Å². The molecule has 2 unspecified atom stereocenters. The summed E-state index contributed by atoms with van der Waals surface area (Å²) >= 11 is 7.04. The standard InChI is InChI=1S/C14H15Br2F/c15-8-14(6-10-3-11(10)7-14)5-9-1-12(16)4-13(17)2-9/h1-2,4,10-11H,3,5-8H2. The highest BCUT2D eigenvalue weighted by Gasteiger charge is 2.52. The fourth-order valence-electron chi connectivity index (χ4n) is 3.45. The minimum absolute atomic E-state index is 0.137. The van der Waals surface area contributed by atoms with E-state index < -0.39 is 0 Å². The fraction of sp³-hybridized carbons (Fsp3) is 0.571. The van der Waals surface area contributed by atoms with Gasteiger partial charge in [0.15, 0.2) is 0 Å². The second-order valence-corrected chi connectivity index (χ2v) is 7.23. The van der Waals surface area contributed by atoms with E-state index in [1.165, 1.54) is 25.3 Å². The first-order valence-corrected chi connectivity index (χ1v) is 8.03. The van der Waals surface area contributed by atoms with Crippen molar-refractivity contribution in [2.24, 2.45) is 17.3 Å². The largest absolute Gasteiger partial charge is 0.207 e. The van der Waals surface area contributed by atoms with E-state index >= 15 is 0 Å². The average Bonchev–Trinajstić information content (AvgIpc) is 2.85. The number of hydrogen-bond donors (Lipinski definition) is 0. The van der Waals surface area contributed by atoms with Crippen LogP contribution in [0.5, 0.6) is 0 Å². The van der Waals surface area contributed by atoms with E-state index in [0.717, 1.165) is 33.6 Å². The third-order valence-electron chi connectivity index (χ3n) is 4.24. The van der Waals surface area contributed by atoms with E-state index in [0.29, 0.717) is 5.41 Å². The summed E-state index contributed by atoms with van der Waals surface area (Å²) < 4.78 is 14.2. The van der Waals surface area contributed by atoms with Crippen LogP contribution in [0, 0.1) is 23.1 Å². The lowest BCUT2D eigenvalue weighted by molar-refractivity contribution is 0.308. The number of rotatable bonds is 3. The molecule has 0 spiro atoms. The maximum atomic E-state index is 13.4. The van der Waals surface area contributed by atoms with Gasteiger partial charge in [-0.25, -0.2) is 4.39 Å². The molecular weight excluding hydrogens is 347 g/mol. The monoisotopic (exact) mass is 360 g/mol. The molecule has 0 nitrogen and oxygen atoms in total. The molecule has 92 valence electrons. The van der Waals surface area contributed by atoms with Gasteiger partial charge in [-0.3, -0.25) is 0 Å². The van der Waals surface area contributed by atoms with Crippen LogP contribution in [-0.2, 0) is 6.42 Å². The van der Waals surface area contributed by atoms with E-state index in [-0.39, 0.29) is 5.82 Å². The number of benzene rings is 1. The van der Waals surface area contributed by atoms with Crippen LogP contribution in [0.25, 0.3) is 0 Å². The molecule has 0 radical (unpaired) electrons. The molecule has 0 saturated heterocycles. The Morgan fingerprint density at radius 3 is 2.53 bits per heavy atom. The predicted molar refractivity (Wildman–Crippen MR) is 74.9 cm³/mol. The summed E-state index contributed by atoms with van der Waals surface area (Å²) in [6.45, 7) is 0. The van der Waals surface area contributed by atoms with Gasteiger partial charge in [0, 0.05) is 9.80 Å². The van der Waals surface area contributed by atoms with Crippen LogP contribution in [0.3, 0.4) is 0 Å². The molecule has 2 fully saturated rings. The molecule has 3 rings (SSSR count). The van der Waals surface area contributed by atoms with Crippen LogP contribution < -0.4 is 0 Å². The zero-order valence-corrected chi connectivity index (χ0v) is 12.7. The highest BCUT2D eigenvalue weighted by molar-refractivity contribution is 9.10. The van der Waals surface area contributed by atoms with Crippen LogP contribution in [0.15, 0.2) is 22.7 Å². The molecule has 17 heavy (non-hydrogen) atoms. The van der Waals surface area contributed by atoms with Gasteiger partial charge in [-0.1, -0.05) is 31.9 Å². The zero-order valence-electron chi connectivity index (χ0n) is 9.56. The Bertz CT molecular complexity index is 414. The topological polar surface area (TPSA) is 0 Å². The van der Waals surface area contributed by atoms with E-state index in [4.69, 9.17) is 0 Å². The maximum Gasteiger partial charge on any atom is 0.124 e. The first kappa shape index (κ1) is 12.2. The van der Waals surface area contributed by atoms with E-state index in [9.17, 15) is 4.39 Å². The highest BCUT2D eigenvalue weighted by atomic mass is 79.9. The second kappa shape index (κ2) is 4.34. The lowest BCUT2D eigenvalue weighted by Gasteiger charge is -2.29. The molecule has 2 saturated carbocycles. The molecule has 2 aliphatic carbocycles. The van der Waals surface area contributed by atoms with Crippen LogP contribution in [0.4, 0.5) is 4.39 Å².